The van der Waals surface area contributed by atoms with Crippen LogP contribution in [0.15, 0.2) is 36.5 Å². The van der Waals surface area contributed by atoms with Gasteiger partial charge < -0.3 is 9.53 Å². The van der Waals surface area contributed by atoms with Crippen LogP contribution >= 0.6 is 0 Å². The number of carbonyl (C=O) groups is 2. The van der Waals surface area contributed by atoms with E-state index in [1.54, 1.807) is 0 Å². The molecule has 3 heteroatoms. The third kappa shape index (κ3) is 10.1. The number of aldehydes is 1. The van der Waals surface area contributed by atoms with Gasteiger partial charge in [-0.25, -0.2) is 0 Å². The molecule has 0 saturated heterocycles. The van der Waals surface area contributed by atoms with E-state index in [0.29, 0.717) is 0 Å². The molecule has 1 aliphatic carbocycles. The highest BCUT2D eigenvalue weighted by atomic mass is 16.5. The molecule has 1 aliphatic rings. The van der Waals surface area contributed by atoms with E-state index >= 15 is 0 Å². The zero-order chi connectivity index (χ0) is 18.3. The van der Waals surface area contributed by atoms with Crippen molar-refractivity contribution in [2.24, 2.45) is 11.8 Å². The largest absolute Gasteiger partial charge is 0.458 e. The van der Waals surface area contributed by atoms with Crippen LogP contribution < -0.4 is 0 Å². The smallest absolute Gasteiger partial charge is 0.303 e. The lowest BCUT2D eigenvalue weighted by Gasteiger charge is -2.20. The molecule has 0 aromatic carbocycles. The minimum absolute atomic E-state index is 0.0852. The van der Waals surface area contributed by atoms with Crippen LogP contribution in [0.3, 0.4) is 0 Å². The first-order chi connectivity index (χ1) is 12.2. The van der Waals surface area contributed by atoms with Crippen LogP contribution in [0.25, 0.3) is 0 Å². The van der Waals surface area contributed by atoms with Crippen molar-refractivity contribution in [1.29, 1.82) is 0 Å². The molecule has 0 aromatic rings. The van der Waals surface area contributed by atoms with Crippen molar-refractivity contribution < 1.29 is 14.3 Å². The maximum atomic E-state index is 11.3. The number of esters is 1. The van der Waals surface area contributed by atoms with E-state index in [1.807, 2.05) is 18.2 Å². The van der Waals surface area contributed by atoms with Gasteiger partial charge in [-0.3, -0.25) is 4.79 Å². The van der Waals surface area contributed by atoms with Crippen molar-refractivity contribution in [3.8, 4) is 0 Å². The Hall–Kier alpha value is -1.64. The predicted octanol–water partition coefficient (Wildman–Crippen LogP) is 5.56. The van der Waals surface area contributed by atoms with Crippen LogP contribution in [0.5, 0.6) is 0 Å². The summed E-state index contributed by atoms with van der Waals surface area (Å²) in [4.78, 5) is 22.4. The molecule has 140 valence electrons. The lowest BCUT2D eigenvalue weighted by Crippen LogP contribution is -2.15. The van der Waals surface area contributed by atoms with Gasteiger partial charge in [0.25, 0.3) is 0 Å². The molecule has 3 nitrogen and oxygen atoms in total. The number of carbonyl (C=O) groups excluding carboxylic acids is 2. The Morgan fingerprint density at radius 3 is 2.44 bits per heavy atom. The van der Waals surface area contributed by atoms with E-state index in [2.05, 4.69) is 25.2 Å². The van der Waals surface area contributed by atoms with E-state index in [-0.39, 0.29) is 23.9 Å². The van der Waals surface area contributed by atoms with Crippen molar-refractivity contribution in [2.45, 2.75) is 77.7 Å². The molecule has 0 bridgehead atoms. The Bertz CT molecular complexity index is 462. The molecule has 1 rings (SSSR count). The van der Waals surface area contributed by atoms with Gasteiger partial charge in [0, 0.05) is 12.8 Å². The van der Waals surface area contributed by atoms with Gasteiger partial charge in [0.1, 0.15) is 12.4 Å². The molecule has 1 unspecified atom stereocenters. The average Bonchev–Trinajstić information content (AvgIpc) is 2.61. The number of hydrogen-bond acceptors (Lipinski definition) is 3. The van der Waals surface area contributed by atoms with Crippen molar-refractivity contribution >= 4 is 12.3 Å². The van der Waals surface area contributed by atoms with Crippen LogP contribution in [-0.2, 0) is 14.3 Å². The van der Waals surface area contributed by atoms with Crippen LogP contribution in [-0.4, -0.2) is 18.4 Å². The molecule has 0 N–H and O–H groups in total. The summed E-state index contributed by atoms with van der Waals surface area (Å²) >= 11 is 0. The number of unbranched alkanes of at least 4 members (excludes halogenated alkanes) is 5. The summed E-state index contributed by atoms with van der Waals surface area (Å²) in [5, 5.41) is 0. The molecule has 3 atom stereocenters. The zero-order valence-corrected chi connectivity index (χ0v) is 15.9. The number of allylic oxidation sites excluding steroid dienone is 5. The van der Waals surface area contributed by atoms with Crippen LogP contribution in [0.1, 0.15) is 71.6 Å². The van der Waals surface area contributed by atoms with Crippen LogP contribution in [0.2, 0.25) is 0 Å². The minimum atomic E-state index is -0.233. The average molecular weight is 347 g/mol. The number of hydrogen-bond donors (Lipinski definition) is 0. The lowest BCUT2D eigenvalue weighted by atomic mass is 9.84. The fourth-order valence-corrected chi connectivity index (χ4v) is 3.16. The summed E-state index contributed by atoms with van der Waals surface area (Å²) in [5.41, 5.74) is 0. The van der Waals surface area contributed by atoms with Crippen molar-refractivity contribution in [3.05, 3.63) is 36.5 Å². The minimum Gasteiger partial charge on any atom is -0.458 e. The number of rotatable bonds is 12. The molecule has 0 fully saturated rings. The summed E-state index contributed by atoms with van der Waals surface area (Å²) in [7, 11) is 0. The topological polar surface area (TPSA) is 43.4 Å². The second kappa shape index (κ2) is 13.6. The molecular formula is C22H34O3. The predicted molar refractivity (Wildman–Crippen MR) is 103 cm³/mol. The zero-order valence-electron chi connectivity index (χ0n) is 15.9. The molecule has 0 heterocycles. The summed E-state index contributed by atoms with van der Waals surface area (Å²) in [6.45, 7) is 3.68. The third-order valence-corrected chi connectivity index (χ3v) is 4.66. The summed E-state index contributed by atoms with van der Waals surface area (Å²) in [5.74, 6) is 0.128. The fraction of sp³-hybridized carbons (Fsp3) is 0.636. The van der Waals surface area contributed by atoms with E-state index in [0.717, 1.165) is 32.0 Å². The van der Waals surface area contributed by atoms with Gasteiger partial charge in [-0.1, -0.05) is 69.4 Å². The monoisotopic (exact) mass is 346 g/mol. The quantitative estimate of drug-likeness (QED) is 0.153. The van der Waals surface area contributed by atoms with E-state index in [9.17, 15) is 9.59 Å². The molecule has 0 aromatic heterocycles. The molecule has 0 radical (unpaired) electrons. The Morgan fingerprint density at radius 1 is 1.08 bits per heavy atom. The van der Waals surface area contributed by atoms with Crippen LogP contribution in [0, 0.1) is 11.8 Å². The Labute approximate surface area is 153 Å². The second-order valence-electron chi connectivity index (χ2n) is 6.88. The summed E-state index contributed by atoms with van der Waals surface area (Å²) < 4.78 is 5.39. The third-order valence-electron chi connectivity index (χ3n) is 4.66. The van der Waals surface area contributed by atoms with Crippen LogP contribution in [0.4, 0.5) is 0 Å². The molecule has 25 heavy (non-hydrogen) atoms. The standard InChI is InChI=1S/C22H34O3/c1-3-4-5-6-7-8-16-22(25-19(2)24)17-12-11-14-20-13-9-10-15-21(20)18-23/h9-12,14,17-18,20-22H,3-8,13,15-16H2,1-2H3/t20-,21+,22?/m0/s1. The van der Waals surface area contributed by atoms with Gasteiger partial charge in [-0.05, 0) is 37.7 Å². The SMILES string of the molecule is CCCCCCCCC(C=CC=C[C@@H]1CC=CC[C@@H]1C=O)OC(C)=O. The van der Waals surface area contributed by atoms with Gasteiger partial charge in [0.2, 0.25) is 0 Å². The highest BCUT2D eigenvalue weighted by Crippen LogP contribution is 2.25. The summed E-state index contributed by atoms with van der Waals surface area (Å²) in [6.07, 6.45) is 23.1. The van der Waals surface area contributed by atoms with E-state index < -0.39 is 0 Å². The first kappa shape index (κ1) is 21.4. The fourth-order valence-electron chi connectivity index (χ4n) is 3.16. The normalized spacial score (nSPS) is 21.7. The summed E-state index contributed by atoms with van der Waals surface area (Å²) in [6, 6.07) is 0. The Balaban J connectivity index is 2.40. The second-order valence-corrected chi connectivity index (χ2v) is 6.88. The van der Waals surface area contributed by atoms with Crippen molar-refractivity contribution in [1.82, 2.24) is 0 Å². The first-order valence-electron chi connectivity index (χ1n) is 9.79. The van der Waals surface area contributed by atoms with Gasteiger partial charge in [-0.2, -0.15) is 0 Å². The lowest BCUT2D eigenvalue weighted by molar-refractivity contribution is -0.144. The van der Waals surface area contributed by atoms with Gasteiger partial charge in [0.05, 0.1) is 0 Å². The molecular weight excluding hydrogens is 312 g/mol. The van der Waals surface area contributed by atoms with Crippen molar-refractivity contribution in [2.75, 3.05) is 0 Å². The van der Waals surface area contributed by atoms with Gasteiger partial charge in [0.15, 0.2) is 0 Å². The Morgan fingerprint density at radius 2 is 1.76 bits per heavy atom. The van der Waals surface area contributed by atoms with Crippen molar-refractivity contribution in [3.63, 3.8) is 0 Å². The number of ether oxygens (including phenoxy) is 1. The maximum absolute atomic E-state index is 11.3. The van der Waals surface area contributed by atoms with Gasteiger partial charge in [-0.15, -0.1) is 0 Å². The van der Waals surface area contributed by atoms with E-state index in [4.69, 9.17) is 4.74 Å². The molecule has 0 amide bonds. The molecule has 0 aliphatic heterocycles. The maximum Gasteiger partial charge on any atom is 0.303 e. The van der Waals surface area contributed by atoms with Gasteiger partial charge >= 0.3 is 5.97 Å². The molecule has 0 spiro atoms. The van der Waals surface area contributed by atoms with E-state index in [1.165, 1.54) is 39.0 Å². The first-order valence-corrected chi connectivity index (χ1v) is 9.79. The highest BCUT2D eigenvalue weighted by molar-refractivity contribution is 5.66. The Kier molecular flexibility index (Phi) is 11.7. The molecule has 0 saturated carbocycles. The highest BCUT2D eigenvalue weighted by Gasteiger charge is 2.18.